The number of methoxy groups -OCH3 is 1. The van der Waals surface area contributed by atoms with E-state index in [0.29, 0.717) is 13.2 Å². The van der Waals surface area contributed by atoms with Gasteiger partial charge in [0.15, 0.2) is 0 Å². The van der Waals surface area contributed by atoms with Crippen molar-refractivity contribution in [2.24, 2.45) is 0 Å². The zero-order chi connectivity index (χ0) is 11.4. The molecule has 0 radical (unpaired) electrons. The molecule has 0 amide bonds. The highest BCUT2D eigenvalue weighted by molar-refractivity contribution is 5.26. The van der Waals surface area contributed by atoms with Crippen LogP contribution in [0.1, 0.15) is 5.56 Å². The number of hydrogen-bond acceptors (Lipinski definition) is 4. The molecule has 1 saturated heterocycles. The topological polar surface area (TPSA) is 50.7 Å². The van der Waals surface area contributed by atoms with E-state index in [2.05, 4.69) is 5.32 Å². The fourth-order valence-corrected chi connectivity index (χ4v) is 1.74. The average molecular weight is 223 g/mol. The Labute approximate surface area is 95.2 Å². The van der Waals surface area contributed by atoms with E-state index in [1.54, 1.807) is 7.11 Å². The van der Waals surface area contributed by atoms with Gasteiger partial charge in [-0.3, -0.25) is 0 Å². The van der Waals surface area contributed by atoms with Crippen LogP contribution in [-0.4, -0.2) is 37.5 Å². The SMILES string of the molecule is COc1ccc(COC2CNCC2O)cc1. The highest BCUT2D eigenvalue weighted by Crippen LogP contribution is 2.14. The molecule has 88 valence electrons. The van der Waals surface area contributed by atoms with Crippen LogP contribution in [-0.2, 0) is 11.3 Å². The number of rotatable bonds is 4. The van der Waals surface area contributed by atoms with E-state index in [0.717, 1.165) is 17.9 Å². The Bertz CT molecular complexity index is 326. The molecule has 4 heteroatoms. The normalized spacial score (nSPS) is 24.6. The van der Waals surface area contributed by atoms with Gasteiger partial charge in [0.2, 0.25) is 0 Å². The van der Waals surface area contributed by atoms with Crippen molar-refractivity contribution < 1.29 is 14.6 Å². The van der Waals surface area contributed by atoms with Crippen molar-refractivity contribution in [1.29, 1.82) is 0 Å². The second kappa shape index (κ2) is 5.30. The van der Waals surface area contributed by atoms with Gasteiger partial charge in [-0.1, -0.05) is 12.1 Å². The minimum Gasteiger partial charge on any atom is -0.497 e. The fraction of sp³-hybridized carbons (Fsp3) is 0.500. The Morgan fingerprint density at radius 2 is 2.06 bits per heavy atom. The summed E-state index contributed by atoms with van der Waals surface area (Å²) in [4.78, 5) is 0. The Hall–Kier alpha value is -1.10. The van der Waals surface area contributed by atoms with Crippen molar-refractivity contribution in [1.82, 2.24) is 5.32 Å². The van der Waals surface area contributed by atoms with Crippen LogP contribution in [0.5, 0.6) is 5.75 Å². The molecule has 2 atom stereocenters. The second-order valence-electron chi connectivity index (χ2n) is 3.92. The molecule has 1 aromatic carbocycles. The molecule has 2 rings (SSSR count). The molecule has 1 aliphatic rings. The van der Waals surface area contributed by atoms with Gasteiger partial charge in [0.25, 0.3) is 0 Å². The number of hydrogen-bond donors (Lipinski definition) is 2. The van der Waals surface area contributed by atoms with Crippen LogP contribution >= 0.6 is 0 Å². The zero-order valence-electron chi connectivity index (χ0n) is 9.35. The van der Waals surface area contributed by atoms with Gasteiger partial charge in [-0.15, -0.1) is 0 Å². The summed E-state index contributed by atoms with van der Waals surface area (Å²) < 4.78 is 10.7. The van der Waals surface area contributed by atoms with Crippen LogP contribution < -0.4 is 10.1 Å². The van der Waals surface area contributed by atoms with E-state index < -0.39 is 6.10 Å². The van der Waals surface area contributed by atoms with Crippen molar-refractivity contribution in [3.05, 3.63) is 29.8 Å². The summed E-state index contributed by atoms with van der Waals surface area (Å²) in [6, 6.07) is 7.74. The third-order valence-corrected chi connectivity index (χ3v) is 2.75. The van der Waals surface area contributed by atoms with Gasteiger partial charge in [-0.25, -0.2) is 0 Å². The largest absolute Gasteiger partial charge is 0.497 e. The summed E-state index contributed by atoms with van der Waals surface area (Å²) in [5.41, 5.74) is 1.08. The Morgan fingerprint density at radius 1 is 1.31 bits per heavy atom. The third-order valence-electron chi connectivity index (χ3n) is 2.75. The molecule has 0 saturated carbocycles. The lowest BCUT2D eigenvalue weighted by Crippen LogP contribution is -2.26. The molecule has 1 fully saturated rings. The molecular weight excluding hydrogens is 206 g/mol. The molecule has 2 N–H and O–H groups in total. The highest BCUT2D eigenvalue weighted by atomic mass is 16.5. The van der Waals surface area contributed by atoms with Crippen molar-refractivity contribution in [2.45, 2.75) is 18.8 Å². The van der Waals surface area contributed by atoms with E-state index in [-0.39, 0.29) is 6.10 Å². The Kier molecular flexibility index (Phi) is 3.77. The van der Waals surface area contributed by atoms with Gasteiger partial charge in [0.1, 0.15) is 5.75 Å². The first-order chi connectivity index (χ1) is 7.79. The van der Waals surface area contributed by atoms with Crippen LogP contribution in [0.3, 0.4) is 0 Å². The van der Waals surface area contributed by atoms with Crippen LogP contribution in [0, 0.1) is 0 Å². The van der Waals surface area contributed by atoms with E-state index in [1.165, 1.54) is 0 Å². The summed E-state index contributed by atoms with van der Waals surface area (Å²) in [5, 5.41) is 12.6. The maximum absolute atomic E-state index is 9.54. The van der Waals surface area contributed by atoms with Crippen molar-refractivity contribution in [2.75, 3.05) is 20.2 Å². The lowest BCUT2D eigenvalue weighted by molar-refractivity contribution is -0.0169. The number of aliphatic hydroxyl groups is 1. The standard InChI is InChI=1S/C12H17NO3/c1-15-10-4-2-9(3-5-10)8-16-12-7-13-6-11(12)14/h2-5,11-14H,6-8H2,1H3. The first-order valence-electron chi connectivity index (χ1n) is 5.43. The van der Waals surface area contributed by atoms with Crippen molar-refractivity contribution >= 4 is 0 Å². The van der Waals surface area contributed by atoms with Gasteiger partial charge in [-0.2, -0.15) is 0 Å². The van der Waals surface area contributed by atoms with Gasteiger partial charge in [0.05, 0.1) is 25.9 Å². The summed E-state index contributed by atoms with van der Waals surface area (Å²) >= 11 is 0. The first-order valence-corrected chi connectivity index (χ1v) is 5.43. The summed E-state index contributed by atoms with van der Waals surface area (Å²) in [5.74, 6) is 0.839. The molecule has 0 aliphatic carbocycles. The Morgan fingerprint density at radius 3 is 2.62 bits per heavy atom. The van der Waals surface area contributed by atoms with Crippen molar-refractivity contribution in [3.63, 3.8) is 0 Å². The van der Waals surface area contributed by atoms with E-state index in [9.17, 15) is 5.11 Å². The smallest absolute Gasteiger partial charge is 0.118 e. The fourth-order valence-electron chi connectivity index (χ4n) is 1.74. The maximum Gasteiger partial charge on any atom is 0.118 e. The van der Waals surface area contributed by atoms with Crippen molar-refractivity contribution in [3.8, 4) is 5.75 Å². The van der Waals surface area contributed by atoms with Crippen LogP contribution in [0.4, 0.5) is 0 Å². The quantitative estimate of drug-likeness (QED) is 0.782. The third kappa shape index (κ3) is 2.72. The average Bonchev–Trinajstić information content (AvgIpc) is 2.73. The minimum atomic E-state index is -0.391. The van der Waals surface area contributed by atoms with E-state index >= 15 is 0 Å². The van der Waals surface area contributed by atoms with Gasteiger partial charge < -0.3 is 19.9 Å². The molecule has 1 aromatic rings. The van der Waals surface area contributed by atoms with Gasteiger partial charge in [0, 0.05) is 13.1 Å². The molecule has 0 bridgehead atoms. The molecular formula is C12H17NO3. The van der Waals surface area contributed by atoms with Crippen LogP contribution in [0.25, 0.3) is 0 Å². The highest BCUT2D eigenvalue weighted by Gasteiger charge is 2.25. The van der Waals surface area contributed by atoms with E-state index in [1.807, 2.05) is 24.3 Å². The molecule has 0 aromatic heterocycles. The number of aliphatic hydroxyl groups excluding tert-OH is 1. The molecule has 4 nitrogen and oxygen atoms in total. The zero-order valence-corrected chi connectivity index (χ0v) is 9.35. The predicted octanol–water partition coefficient (Wildman–Crippen LogP) is 0.544. The van der Waals surface area contributed by atoms with Gasteiger partial charge >= 0.3 is 0 Å². The second-order valence-corrected chi connectivity index (χ2v) is 3.92. The molecule has 1 heterocycles. The molecule has 1 aliphatic heterocycles. The van der Waals surface area contributed by atoms with E-state index in [4.69, 9.17) is 9.47 Å². The predicted molar refractivity (Wildman–Crippen MR) is 60.4 cm³/mol. The number of nitrogens with one attached hydrogen (secondary N) is 1. The Balaban J connectivity index is 1.84. The monoisotopic (exact) mass is 223 g/mol. The van der Waals surface area contributed by atoms with Gasteiger partial charge in [-0.05, 0) is 17.7 Å². The molecule has 16 heavy (non-hydrogen) atoms. The molecule has 2 unspecified atom stereocenters. The summed E-state index contributed by atoms with van der Waals surface area (Å²) in [6.07, 6.45) is -0.486. The maximum atomic E-state index is 9.54. The van der Waals surface area contributed by atoms with Crippen LogP contribution in [0.15, 0.2) is 24.3 Å². The number of β-amino-alcohol motifs (C(OH)–C–C–N with tert-alkyl or cyclic N) is 1. The lowest BCUT2D eigenvalue weighted by atomic mass is 10.2. The number of benzene rings is 1. The van der Waals surface area contributed by atoms with Crippen LogP contribution in [0.2, 0.25) is 0 Å². The number of ether oxygens (including phenoxy) is 2. The summed E-state index contributed by atoms with van der Waals surface area (Å²) in [6.45, 7) is 1.86. The minimum absolute atomic E-state index is 0.0953. The summed E-state index contributed by atoms with van der Waals surface area (Å²) in [7, 11) is 1.64. The molecule has 0 spiro atoms. The first kappa shape index (κ1) is 11.4. The lowest BCUT2D eigenvalue weighted by Gasteiger charge is -2.14.